The Labute approximate surface area is 167 Å². The summed E-state index contributed by atoms with van der Waals surface area (Å²) in [6.45, 7) is 1.90. The lowest BCUT2D eigenvalue weighted by Gasteiger charge is -2.07. The first-order valence-corrected chi connectivity index (χ1v) is 9.53. The summed E-state index contributed by atoms with van der Waals surface area (Å²) < 4.78 is 38.8. The Hall–Kier alpha value is -2.64. The third-order valence-corrected chi connectivity index (χ3v) is 5.33. The molecule has 0 aliphatic rings. The van der Waals surface area contributed by atoms with Crippen LogP contribution in [0.25, 0.3) is 33.3 Å². The standard InChI is InChI=1S/C20H13ClF3N3S/c1-11-17(12-5-7-15(21)8-6-12)27-18(25-11)16-10-28-19(26-16)13-3-2-4-14(9-13)20(22,23)24/h2-10H,1H3,(H,25,27). The largest absolute Gasteiger partial charge is 0.416 e. The maximum absolute atomic E-state index is 12.9. The molecule has 4 rings (SSSR count). The number of hydrogen-bond donors (Lipinski definition) is 1. The zero-order chi connectivity index (χ0) is 19.9. The highest BCUT2D eigenvalue weighted by atomic mass is 35.5. The van der Waals surface area contributed by atoms with Crippen LogP contribution >= 0.6 is 22.9 Å². The van der Waals surface area contributed by atoms with Crippen molar-refractivity contribution in [2.45, 2.75) is 13.1 Å². The van der Waals surface area contributed by atoms with Crippen molar-refractivity contribution in [3.05, 3.63) is 70.2 Å². The lowest BCUT2D eigenvalue weighted by atomic mass is 10.1. The van der Waals surface area contributed by atoms with E-state index in [9.17, 15) is 13.2 Å². The first kappa shape index (κ1) is 18.7. The van der Waals surface area contributed by atoms with Gasteiger partial charge in [0.15, 0.2) is 5.82 Å². The normalized spacial score (nSPS) is 11.8. The van der Waals surface area contributed by atoms with Crippen molar-refractivity contribution in [2.75, 3.05) is 0 Å². The predicted octanol–water partition coefficient (Wildman–Crippen LogP) is 6.85. The van der Waals surface area contributed by atoms with Crippen molar-refractivity contribution in [3.63, 3.8) is 0 Å². The number of hydrogen-bond acceptors (Lipinski definition) is 3. The zero-order valence-corrected chi connectivity index (χ0v) is 16.1. The lowest BCUT2D eigenvalue weighted by Crippen LogP contribution is -2.04. The highest BCUT2D eigenvalue weighted by molar-refractivity contribution is 7.13. The number of nitrogens with one attached hydrogen (secondary N) is 1. The van der Waals surface area contributed by atoms with Crippen molar-refractivity contribution in [3.8, 4) is 33.3 Å². The van der Waals surface area contributed by atoms with Gasteiger partial charge in [0.25, 0.3) is 0 Å². The summed E-state index contributed by atoms with van der Waals surface area (Å²) in [5.74, 6) is 0.567. The third-order valence-electron chi connectivity index (χ3n) is 4.19. The van der Waals surface area contributed by atoms with E-state index in [1.807, 2.05) is 19.1 Å². The maximum atomic E-state index is 12.9. The molecule has 2 aromatic carbocycles. The van der Waals surface area contributed by atoms with Crippen LogP contribution in [0.1, 0.15) is 11.3 Å². The molecule has 0 amide bonds. The second-order valence-electron chi connectivity index (χ2n) is 6.18. The van der Waals surface area contributed by atoms with Crippen LogP contribution in [0.5, 0.6) is 0 Å². The van der Waals surface area contributed by atoms with Crippen molar-refractivity contribution < 1.29 is 13.2 Å². The second-order valence-corrected chi connectivity index (χ2v) is 7.48. The molecule has 28 heavy (non-hydrogen) atoms. The average molecular weight is 420 g/mol. The Bertz CT molecular complexity index is 1130. The van der Waals surface area contributed by atoms with E-state index in [1.54, 1.807) is 23.6 Å². The number of alkyl halides is 3. The van der Waals surface area contributed by atoms with Crippen LogP contribution < -0.4 is 0 Å². The molecule has 0 fully saturated rings. The number of aryl methyl sites for hydroxylation is 1. The van der Waals surface area contributed by atoms with Gasteiger partial charge in [0.2, 0.25) is 0 Å². The van der Waals surface area contributed by atoms with E-state index in [0.717, 1.165) is 29.1 Å². The number of nitrogens with zero attached hydrogens (tertiary/aromatic N) is 2. The van der Waals surface area contributed by atoms with E-state index < -0.39 is 11.7 Å². The fourth-order valence-corrected chi connectivity index (χ4v) is 3.74. The van der Waals surface area contributed by atoms with Crippen molar-refractivity contribution in [1.82, 2.24) is 15.0 Å². The number of halogens is 4. The smallest absolute Gasteiger partial charge is 0.340 e. The molecule has 1 N–H and O–H groups in total. The minimum atomic E-state index is -4.39. The summed E-state index contributed by atoms with van der Waals surface area (Å²) in [4.78, 5) is 12.3. The number of thiazole rings is 1. The molecule has 0 saturated heterocycles. The van der Waals surface area contributed by atoms with Gasteiger partial charge < -0.3 is 4.98 Å². The summed E-state index contributed by atoms with van der Waals surface area (Å²) in [6, 6.07) is 12.5. The summed E-state index contributed by atoms with van der Waals surface area (Å²) in [6.07, 6.45) is -4.39. The monoisotopic (exact) mass is 419 g/mol. The molecule has 4 aromatic rings. The molecule has 0 bridgehead atoms. The first-order valence-electron chi connectivity index (χ1n) is 8.27. The van der Waals surface area contributed by atoms with Crippen LogP contribution in [0.3, 0.4) is 0 Å². The number of rotatable bonds is 3. The van der Waals surface area contributed by atoms with Crippen molar-refractivity contribution >= 4 is 22.9 Å². The van der Waals surface area contributed by atoms with Gasteiger partial charge in [0.1, 0.15) is 10.7 Å². The van der Waals surface area contributed by atoms with Gasteiger partial charge in [-0.05, 0) is 31.2 Å². The Morgan fingerprint density at radius 2 is 1.75 bits per heavy atom. The molecule has 0 saturated carbocycles. The van der Waals surface area contributed by atoms with Gasteiger partial charge in [-0.2, -0.15) is 13.2 Å². The topological polar surface area (TPSA) is 41.6 Å². The molecule has 142 valence electrons. The van der Waals surface area contributed by atoms with Gasteiger partial charge in [-0.15, -0.1) is 11.3 Å². The molecular formula is C20H13ClF3N3S. The minimum Gasteiger partial charge on any atom is -0.340 e. The van der Waals surface area contributed by atoms with E-state index in [4.69, 9.17) is 11.6 Å². The molecule has 0 atom stereocenters. The third kappa shape index (κ3) is 3.68. The highest BCUT2D eigenvalue weighted by Crippen LogP contribution is 2.34. The van der Waals surface area contributed by atoms with Crippen LogP contribution in [-0.4, -0.2) is 15.0 Å². The van der Waals surface area contributed by atoms with Gasteiger partial charge in [0.05, 0.1) is 11.3 Å². The molecule has 0 unspecified atom stereocenters. The summed E-state index contributed by atoms with van der Waals surface area (Å²) in [7, 11) is 0. The number of imidazole rings is 1. The van der Waals surface area contributed by atoms with Crippen LogP contribution in [0, 0.1) is 6.92 Å². The summed E-state index contributed by atoms with van der Waals surface area (Å²) in [5, 5.41) is 2.92. The van der Waals surface area contributed by atoms with Crippen LogP contribution in [-0.2, 0) is 6.18 Å². The van der Waals surface area contributed by atoms with E-state index in [0.29, 0.717) is 27.1 Å². The van der Waals surface area contributed by atoms with Gasteiger partial charge in [0, 0.05) is 27.2 Å². The van der Waals surface area contributed by atoms with E-state index in [2.05, 4.69) is 15.0 Å². The Morgan fingerprint density at radius 3 is 2.46 bits per heavy atom. The average Bonchev–Trinajstić information content (AvgIpc) is 3.29. The number of aromatic amines is 1. The summed E-state index contributed by atoms with van der Waals surface area (Å²) in [5.41, 5.74) is 2.87. The first-order chi connectivity index (χ1) is 13.3. The number of aromatic nitrogens is 3. The second kappa shape index (κ2) is 7.07. The molecule has 8 heteroatoms. The zero-order valence-electron chi connectivity index (χ0n) is 14.5. The van der Waals surface area contributed by atoms with Gasteiger partial charge in [-0.3, -0.25) is 0 Å². The Kier molecular flexibility index (Phi) is 4.72. The highest BCUT2D eigenvalue weighted by Gasteiger charge is 2.30. The summed E-state index contributed by atoms with van der Waals surface area (Å²) >= 11 is 7.21. The van der Waals surface area contributed by atoms with Crippen molar-refractivity contribution in [2.24, 2.45) is 0 Å². The van der Waals surface area contributed by atoms with Crippen LogP contribution in [0.4, 0.5) is 13.2 Å². The number of H-pyrrole nitrogens is 1. The van der Waals surface area contributed by atoms with Crippen LogP contribution in [0.15, 0.2) is 53.9 Å². The SMILES string of the molecule is Cc1[nH]c(-c2csc(-c3cccc(C(F)(F)F)c3)n2)nc1-c1ccc(Cl)cc1. The molecule has 0 spiro atoms. The van der Waals surface area contributed by atoms with E-state index in [-0.39, 0.29) is 0 Å². The molecule has 0 aliphatic heterocycles. The van der Waals surface area contributed by atoms with Gasteiger partial charge in [-0.25, -0.2) is 9.97 Å². The Morgan fingerprint density at radius 1 is 1.00 bits per heavy atom. The molecule has 2 aromatic heterocycles. The maximum Gasteiger partial charge on any atom is 0.416 e. The Balaban J connectivity index is 1.67. The predicted molar refractivity (Wildman–Crippen MR) is 105 cm³/mol. The van der Waals surface area contributed by atoms with E-state index >= 15 is 0 Å². The molecule has 2 heterocycles. The molecule has 0 radical (unpaired) electrons. The minimum absolute atomic E-state index is 0.423. The lowest BCUT2D eigenvalue weighted by molar-refractivity contribution is -0.137. The molecule has 0 aliphatic carbocycles. The fourth-order valence-electron chi connectivity index (χ4n) is 2.81. The van der Waals surface area contributed by atoms with Crippen LogP contribution in [0.2, 0.25) is 5.02 Å². The fraction of sp³-hybridized carbons (Fsp3) is 0.100. The van der Waals surface area contributed by atoms with Gasteiger partial charge in [-0.1, -0.05) is 35.9 Å². The molecular weight excluding hydrogens is 407 g/mol. The van der Waals surface area contributed by atoms with E-state index in [1.165, 1.54) is 17.4 Å². The molecule has 3 nitrogen and oxygen atoms in total. The number of benzene rings is 2. The van der Waals surface area contributed by atoms with Crippen molar-refractivity contribution in [1.29, 1.82) is 0 Å². The van der Waals surface area contributed by atoms with Gasteiger partial charge >= 0.3 is 6.18 Å². The quantitative estimate of drug-likeness (QED) is 0.394.